The van der Waals surface area contributed by atoms with Crippen molar-refractivity contribution in [3.05, 3.63) is 29.8 Å². The molecule has 1 atom stereocenters. The second-order valence-corrected chi connectivity index (χ2v) is 12.3. The zero-order valence-corrected chi connectivity index (χ0v) is 18.7. The van der Waals surface area contributed by atoms with Crippen molar-refractivity contribution in [2.24, 2.45) is 17.8 Å². The molecule has 5 fully saturated rings. The molecule has 9 heteroatoms. The molecule has 0 radical (unpaired) electrons. The molecule has 4 bridgehead atoms. The Hall–Kier alpha value is -1.61. The summed E-state index contributed by atoms with van der Waals surface area (Å²) in [7, 11) is -4.12. The molecule has 1 aromatic rings. The van der Waals surface area contributed by atoms with E-state index < -0.39 is 27.8 Å². The summed E-state index contributed by atoms with van der Waals surface area (Å²) in [5, 5.41) is 3.28. The SMILES string of the molecule is O=C(CC1CCCN1S(=O)(=O)c1cccc(C(F)(F)F)c1)NC12CC3CC(CC(C3)C1)C2. The van der Waals surface area contributed by atoms with Crippen LogP contribution in [0.5, 0.6) is 0 Å². The molecule has 1 unspecified atom stereocenters. The van der Waals surface area contributed by atoms with Gasteiger partial charge in [0.2, 0.25) is 15.9 Å². The molecule has 1 aliphatic heterocycles. The monoisotopic (exact) mass is 470 g/mol. The van der Waals surface area contributed by atoms with Gasteiger partial charge in [0, 0.05) is 24.5 Å². The predicted molar refractivity (Wildman–Crippen MR) is 112 cm³/mol. The lowest BCUT2D eigenvalue weighted by molar-refractivity contribution is -0.137. The Labute approximate surface area is 186 Å². The summed E-state index contributed by atoms with van der Waals surface area (Å²) in [5.41, 5.74) is -1.14. The average Bonchev–Trinajstić information content (AvgIpc) is 3.14. The van der Waals surface area contributed by atoms with Gasteiger partial charge in [-0.3, -0.25) is 4.79 Å². The number of carbonyl (C=O) groups is 1. The summed E-state index contributed by atoms with van der Waals surface area (Å²) in [6.07, 6.45) is 3.40. The molecule has 1 heterocycles. The van der Waals surface area contributed by atoms with Gasteiger partial charge in [-0.2, -0.15) is 17.5 Å². The maximum Gasteiger partial charge on any atom is 0.416 e. The number of benzene rings is 1. The molecule has 176 valence electrons. The quantitative estimate of drug-likeness (QED) is 0.697. The van der Waals surface area contributed by atoms with Crippen LogP contribution in [0, 0.1) is 17.8 Å². The lowest BCUT2D eigenvalue weighted by Gasteiger charge is -2.57. The van der Waals surface area contributed by atoms with Gasteiger partial charge in [0.1, 0.15) is 0 Å². The summed E-state index contributed by atoms with van der Waals surface area (Å²) in [6, 6.07) is 3.32. The molecule has 1 amide bonds. The molecule has 4 saturated carbocycles. The molecule has 1 saturated heterocycles. The highest BCUT2D eigenvalue weighted by Gasteiger charge is 2.51. The number of nitrogens with zero attached hydrogens (tertiary/aromatic N) is 1. The maximum absolute atomic E-state index is 13.1. The van der Waals surface area contributed by atoms with Gasteiger partial charge in [0.25, 0.3) is 0 Å². The van der Waals surface area contributed by atoms with Crippen molar-refractivity contribution < 1.29 is 26.4 Å². The summed E-state index contributed by atoms with van der Waals surface area (Å²) in [6.45, 7) is 0.216. The third-order valence-electron chi connectivity index (χ3n) is 7.95. The Balaban J connectivity index is 1.29. The van der Waals surface area contributed by atoms with E-state index in [-0.39, 0.29) is 29.3 Å². The van der Waals surface area contributed by atoms with Crippen molar-refractivity contribution in [2.75, 3.05) is 6.54 Å². The van der Waals surface area contributed by atoms with Crippen LogP contribution < -0.4 is 5.32 Å². The Morgan fingerprint density at radius 3 is 2.31 bits per heavy atom. The van der Waals surface area contributed by atoms with Gasteiger partial charge in [0.05, 0.1) is 10.5 Å². The number of hydrogen-bond acceptors (Lipinski definition) is 3. The van der Waals surface area contributed by atoms with E-state index in [9.17, 15) is 26.4 Å². The second kappa shape index (κ2) is 7.72. The van der Waals surface area contributed by atoms with Crippen LogP contribution in [-0.2, 0) is 21.0 Å². The van der Waals surface area contributed by atoms with Gasteiger partial charge in [-0.05, 0) is 87.3 Å². The van der Waals surface area contributed by atoms with Crippen LogP contribution in [0.15, 0.2) is 29.2 Å². The van der Waals surface area contributed by atoms with Gasteiger partial charge < -0.3 is 5.32 Å². The largest absolute Gasteiger partial charge is 0.416 e. The molecule has 0 spiro atoms. The third kappa shape index (κ3) is 4.06. The van der Waals surface area contributed by atoms with E-state index in [1.165, 1.54) is 29.6 Å². The molecule has 6 rings (SSSR count). The summed E-state index contributed by atoms with van der Waals surface area (Å²) in [4.78, 5) is 12.6. The molecule has 1 aromatic carbocycles. The van der Waals surface area contributed by atoms with E-state index in [0.29, 0.717) is 36.7 Å². The van der Waals surface area contributed by atoms with Gasteiger partial charge in [-0.15, -0.1) is 0 Å². The van der Waals surface area contributed by atoms with E-state index in [4.69, 9.17) is 0 Å². The zero-order chi connectivity index (χ0) is 22.7. The third-order valence-corrected chi connectivity index (χ3v) is 9.90. The van der Waals surface area contributed by atoms with Crippen molar-refractivity contribution >= 4 is 15.9 Å². The highest BCUT2D eigenvalue weighted by Crippen LogP contribution is 2.55. The molecule has 4 aliphatic carbocycles. The first kappa shape index (κ1) is 22.2. The van der Waals surface area contributed by atoms with Crippen molar-refractivity contribution in [1.82, 2.24) is 9.62 Å². The minimum Gasteiger partial charge on any atom is -0.351 e. The molecule has 1 N–H and O–H groups in total. The number of hydrogen-bond donors (Lipinski definition) is 1. The van der Waals surface area contributed by atoms with Gasteiger partial charge in [-0.1, -0.05) is 6.07 Å². The van der Waals surface area contributed by atoms with Crippen molar-refractivity contribution in [1.29, 1.82) is 0 Å². The highest BCUT2D eigenvalue weighted by atomic mass is 32.2. The lowest BCUT2D eigenvalue weighted by Crippen LogP contribution is -2.60. The van der Waals surface area contributed by atoms with Gasteiger partial charge >= 0.3 is 6.18 Å². The van der Waals surface area contributed by atoms with E-state index >= 15 is 0 Å². The second-order valence-electron chi connectivity index (χ2n) is 10.4. The van der Waals surface area contributed by atoms with Crippen molar-refractivity contribution in [3.8, 4) is 0 Å². The molecule has 5 aliphatic rings. The smallest absolute Gasteiger partial charge is 0.351 e. The Kier molecular flexibility index (Phi) is 5.36. The fourth-order valence-electron chi connectivity index (χ4n) is 7.12. The summed E-state index contributed by atoms with van der Waals surface area (Å²) >= 11 is 0. The van der Waals surface area contributed by atoms with Crippen LogP contribution in [-0.4, -0.2) is 36.8 Å². The zero-order valence-electron chi connectivity index (χ0n) is 17.9. The van der Waals surface area contributed by atoms with E-state index in [1.54, 1.807) is 0 Å². The first-order chi connectivity index (χ1) is 15.0. The van der Waals surface area contributed by atoms with Gasteiger partial charge in [0.15, 0.2) is 0 Å². The number of halogens is 3. The maximum atomic E-state index is 13.1. The lowest BCUT2D eigenvalue weighted by atomic mass is 9.53. The van der Waals surface area contributed by atoms with Crippen LogP contribution in [0.25, 0.3) is 0 Å². The fraction of sp³-hybridized carbons (Fsp3) is 0.696. The molecular formula is C23H29F3N2O3S. The van der Waals surface area contributed by atoms with Crippen molar-refractivity contribution in [2.45, 2.75) is 80.4 Å². The molecular weight excluding hydrogens is 441 g/mol. The first-order valence-electron chi connectivity index (χ1n) is 11.5. The Bertz CT molecular complexity index is 973. The Morgan fingerprint density at radius 1 is 1.09 bits per heavy atom. The summed E-state index contributed by atoms with van der Waals surface area (Å²) in [5.74, 6) is 1.92. The number of nitrogens with one attached hydrogen (secondary N) is 1. The predicted octanol–water partition coefficient (Wildman–Crippen LogP) is 4.33. The topological polar surface area (TPSA) is 66.5 Å². The van der Waals surface area contributed by atoms with Crippen molar-refractivity contribution in [3.63, 3.8) is 0 Å². The van der Waals surface area contributed by atoms with Crippen LogP contribution in [0.2, 0.25) is 0 Å². The van der Waals surface area contributed by atoms with E-state index in [0.717, 1.165) is 31.4 Å². The normalized spacial score (nSPS) is 34.7. The first-order valence-corrected chi connectivity index (χ1v) is 13.0. The van der Waals surface area contributed by atoms with Crippen LogP contribution in [0.3, 0.4) is 0 Å². The average molecular weight is 471 g/mol. The number of rotatable bonds is 5. The molecule has 32 heavy (non-hydrogen) atoms. The van der Waals surface area contributed by atoms with E-state index in [2.05, 4.69) is 5.32 Å². The van der Waals surface area contributed by atoms with Gasteiger partial charge in [-0.25, -0.2) is 8.42 Å². The number of amides is 1. The van der Waals surface area contributed by atoms with Crippen LogP contribution in [0.4, 0.5) is 13.2 Å². The molecule has 0 aromatic heterocycles. The standard InChI is InChI=1S/C23H29F3N2O3S/c24-23(25,26)18-3-1-5-20(10-18)32(30,31)28-6-2-4-19(28)11-21(29)27-22-12-15-7-16(13-22)9-17(8-15)14-22/h1,3,5,10,15-17,19H,2,4,6-9,11-14H2,(H,27,29). The fourth-order valence-corrected chi connectivity index (χ4v) is 8.86. The molecule has 5 nitrogen and oxygen atoms in total. The number of carbonyl (C=O) groups excluding carboxylic acids is 1. The Morgan fingerprint density at radius 2 is 1.72 bits per heavy atom. The number of sulfonamides is 1. The van der Waals surface area contributed by atoms with Crippen LogP contribution in [0.1, 0.15) is 63.4 Å². The van der Waals surface area contributed by atoms with E-state index in [1.807, 2.05) is 0 Å². The summed E-state index contributed by atoms with van der Waals surface area (Å²) < 4.78 is 66.7. The number of alkyl halides is 3. The minimum absolute atomic E-state index is 0.0555. The van der Waals surface area contributed by atoms with Crippen LogP contribution >= 0.6 is 0 Å². The highest BCUT2D eigenvalue weighted by molar-refractivity contribution is 7.89. The minimum atomic E-state index is -4.62.